The van der Waals surface area contributed by atoms with Gasteiger partial charge in [0.15, 0.2) is 0 Å². The minimum Gasteiger partial charge on any atom is -0.354 e. The fourth-order valence-corrected chi connectivity index (χ4v) is 4.35. The molecule has 1 aliphatic rings. The van der Waals surface area contributed by atoms with E-state index in [0.717, 1.165) is 32.2 Å². The van der Waals surface area contributed by atoms with Crippen LogP contribution in [0.1, 0.15) is 56.2 Å². The molecule has 0 N–H and O–H groups in total. The van der Waals surface area contributed by atoms with Crippen molar-refractivity contribution >= 4 is 0 Å². The molecule has 0 spiro atoms. The van der Waals surface area contributed by atoms with Gasteiger partial charge in [-0.05, 0) is 63.0 Å². The van der Waals surface area contributed by atoms with E-state index in [-0.39, 0.29) is 11.2 Å². The Morgan fingerprint density at radius 2 is 1.44 bits per heavy atom. The highest BCUT2D eigenvalue weighted by Crippen LogP contribution is 2.55. The predicted molar refractivity (Wildman–Crippen MR) is 105 cm³/mol. The van der Waals surface area contributed by atoms with Gasteiger partial charge >= 0.3 is 0 Å². The molecule has 0 amide bonds. The van der Waals surface area contributed by atoms with Crippen LogP contribution in [0.3, 0.4) is 0 Å². The lowest BCUT2D eigenvalue weighted by Crippen LogP contribution is -2.33. The molecule has 2 aromatic rings. The van der Waals surface area contributed by atoms with Crippen LogP contribution in [-0.4, -0.2) is 25.5 Å². The zero-order valence-electron chi connectivity index (χ0n) is 16.1. The Hall–Kier alpha value is -1.64. The first-order valence-electron chi connectivity index (χ1n) is 9.58. The van der Waals surface area contributed by atoms with Gasteiger partial charge in [0.05, 0.1) is 5.60 Å². The van der Waals surface area contributed by atoms with Gasteiger partial charge in [-0.15, -0.1) is 0 Å². The van der Waals surface area contributed by atoms with Crippen LogP contribution in [0.4, 0.5) is 0 Å². The number of benzene rings is 2. The van der Waals surface area contributed by atoms with Gasteiger partial charge in [-0.25, -0.2) is 0 Å². The van der Waals surface area contributed by atoms with Crippen molar-refractivity contribution in [2.24, 2.45) is 0 Å². The first-order chi connectivity index (χ1) is 12.1. The summed E-state index contributed by atoms with van der Waals surface area (Å²) in [7, 11) is 4.28. The first-order valence-corrected chi connectivity index (χ1v) is 9.58. The summed E-state index contributed by atoms with van der Waals surface area (Å²) in [6.07, 6.45) is 4.12. The molecule has 25 heavy (non-hydrogen) atoms. The molecule has 2 heteroatoms. The van der Waals surface area contributed by atoms with Crippen molar-refractivity contribution in [2.75, 3.05) is 20.6 Å². The molecule has 2 nitrogen and oxygen atoms in total. The Balaban J connectivity index is 2.12. The fourth-order valence-electron chi connectivity index (χ4n) is 4.35. The van der Waals surface area contributed by atoms with E-state index < -0.39 is 0 Å². The summed E-state index contributed by atoms with van der Waals surface area (Å²) in [5, 5.41) is 0. The third kappa shape index (κ3) is 3.14. The van der Waals surface area contributed by atoms with Crippen LogP contribution in [0.15, 0.2) is 54.6 Å². The van der Waals surface area contributed by atoms with Crippen LogP contribution < -0.4 is 0 Å². The lowest BCUT2D eigenvalue weighted by Gasteiger charge is -2.36. The maximum Gasteiger partial charge on any atom is 0.120 e. The molecule has 1 unspecified atom stereocenters. The van der Waals surface area contributed by atoms with Crippen LogP contribution >= 0.6 is 0 Å². The molecule has 0 fully saturated rings. The number of hydrogen-bond donors (Lipinski definition) is 0. The number of ether oxygens (including phenoxy) is 1. The molecule has 0 bridgehead atoms. The van der Waals surface area contributed by atoms with E-state index in [2.05, 4.69) is 87.4 Å². The maximum absolute atomic E-state index is 7.05. The summed E-state index contributed by atoms with van der Waals surface area (Å²) in [5.41, 5.74) is 3.52. The summed E-state index contributed by atoms with van der Waals surface area (Å²) >= 11 is 0. The average Bonchev–Trinajstić information content (AvgIpc) is 2.94. The van der Waals surface area contributed by atoms with Gasteiger partial charge in [-0.1, -0.05) is 68.4 Å². The van der Waals surface area contributed by atoms with Gasteiger partial charge in [0.25, 0.3) is 0 Å². The second-order valence-electron chi connectivity index (χ2n) is 7.45. The molecule has 1 heterocycles. The van der Waals surface area contributed by atoms with Crippen LogP contribution in [0.5, 0.6) is 0 Å². The smallest absolute Gasteiger partial charge is 0.120 e. The first kappa shape index (κ1) is 18.2. The Kier molecular flexibility index (Phi) is 5.31. The maximum atomic E-state index is 7.05. The molecule has 0 aliphatic carbocycles. The topological polar surface area (TPSA) is 12.5 Å². The van der Waals surface area contributed by atoms with E-state index in [0.29, 0.717) is 0 Å². The van der Waals surface area contributed by atoms with Crippen molar-refractivity contribution in [3.05, 3.63) is 71.3 Å². The van der Waals surface area contributed by atoms with Crippen molar-refractivity contribution in [1.29, 1.82) is 0 Å². The monoisotopic (exact) mass is 337 g/mol. The summed E-state index contributed by atoms with van der Waals surface area (Å²) < 4.78 is 7.05. The molecule has 3 rings (SSSR count). The van der Waals surface area contributed by atoms with Crippen LogP contribution in [0, 0.1) is 0 Å². The SMILES string of the molecule is CCC1(CC)OC(CCCN(C)C)(c2ccccc2)c2ccccc21. The van der Waals surface area contributed by atoms with E-state index in [4.69, 9.17) is 4.74 Å². The van der Waals surface area contributed by atoms with E-state index in [1.807, 2.05) is 0 Å². The largest absolute Gasteiger partial charge is 0.354 e. The van der Waals surface area contributed by atoms with Crippen molar-refractivity contribution in [3.8, 4) is 0 Å². The fraction of sp³-hybridized carbons (Fsp3) is 0.478. The van der Waals surface area contributed by atoms with Gasteiger partial charge in [0.2, 0.25) is 0 Å². The molecule has 0 aromatic heterocycles. The molecule has 0 saturated carbocycles. The quantitative estimate of drug-likeness (QED) is 0.678. The highest BCUT2D eigenvalue weighted by molar-refractivity contribution is 5.48. The Morgan fingerprint density at radius 1 is 0.840 bits per heavy atom. The minimum atomic E-state index is -0.333. The number of fused-ring (bicyclic) bond motifs is 1. The van der Waals surface area contributed by atoms with Gasteiger partial charge in [0.1, 0.15) is 5.60 Å². The summed E-state index contributed by atoms with van der Waals surface area (Å²) in [5.74, 6) is 0. The average molecular weight is 338 g/mol. The highest BCUT2D eigenvalue weighted by Gasteiger charge is 2.51. The second kappa shape index (κ2) is 7.31. The molecule has 1 aliphatic heterocycles. The number of hydrogen-bond acceptors (Lipinski definition) is 2. The molecule has 0 saturated heterocycles. The van der Waals surface area contributed by atoms with Crippen molar-refractivity contribution in [3.63, 3.8) is 0 Å². The summed E-state index contributed by atoms with van der Waals surface area (Å²) in [6.45, 7) is 5.58. The van der Waals surface area contributed by atoms with Crippen molar-refractivity contribution < 1.29 is 4.74 Å². The molecular formula is C23H31NO. The molecular weight excluding hydrogens is 306 g/mol. The van der Waals surface area contributed by atoms with Crippen LogP contribution in [-0.2, 0) is 15.9 Å². The van der Waals surface area contributed by atoms with E-state index in [9.17, 15) is 0 Å². The third-order valence-electron chi connectivity index (χ3n) is 5.74. The Morgan fingerprint density at radius 3 is 2.04 bits per heavy atom. The van der Waals surface area contributed by atoms with E-state index in [1.54, 1.807) is 0 Å². The van der Waals surface area contributed by atoms with Crippen LogP contribution in [0.2, 0.25) is 0 Å². The zero-order chi connectivity index (χ0) is 17.9. The molecule has 134 valence electrons. The Bertz CT molecular complexity index is 690. The van der Waals surface area contributed by atoms with Gasteiger partial charge < -0.3 is 9.64 Å². The van der Waals surface area contributed by atoms with Crippen molar-refractivity contribution in [2.45, 2.75) is 50.7 Å². The van der Waals surface area contributed by atoms with Crippen LogP contribution in [0.25, 0.3) is 0 Å². The third-order valence-corrected chi connectivity index (χ3v) is 5.74. The number of rotatable bonds is 7. The van der Waals surface area contributed by atoms with Crippen molar-refractivity contribution in [1.82, 2.24) is 4.90 Å². The van der Waals surface area contributed by atoms with Gasteiger partial charge in [-0.3, -0.25) is 0 Å². The minimum absolute atomic E-state index is 0.176. The lowest BCUT2D eigenvalue weighted by molar-refractivity contribution is -0.131. The highest BCUT2D eigenvalue weighted by atomic mass is 16.5. The zero-order valence-corrected chi connectivity index (χ0v) is 16.1. The van der Waals surface area contributed by atoms with E-state index in [1.165, 1.54) is 16.7 Å². The van der Waals surface area contributed by atoms with Gasteiger partial charge in [-0.2, -0.15) is 0 Å². The summed E-state index contributed by atoms with van der Waals surface area (Å²) in [4.78, 5) is 2.26. The summed E-state index contributed by atoms with van der Waals surface area (Å²) in [6, 6.07) is 19.7. The standard InChI is InChI=1S/C23H31NO/c1-5-22(6-2)20-15-10-11-16-21(20)23(25-22,17-12-18-24(3)4)19-13-8-7-9-14-19/h7-11,13-16H,5-6,12,17-18H2,1-4H3. The second-order valence-corrected chi connectivity index (χ2v) is 7.45. The molecule has 0 radical (unpaired) electrons. The number of nitrogens with zero attached hydrogens (tertiary/aromatic N) is 1. The Labute approximate surface area is 152 Å². The lowest BCUT2D eigenvalue weighted by atomic mass is 9.80. The molecule has 1 atom stereocenters. The molecule has 2 aromatic carbocycles. The normalized spacial score (nSPS) is 21.5. The predicted octanol–water partition coefficient (Wildman–Crippen LogP) is 5.32. The van der Waals surface area contributed by atoms with Gasteiger partial charge in [0, 0.05) is 0 Å². The van der Waals surface area contributed by atoms with E-state index >= 15 is 0 Å².